The zero-order chi connectivity index (χ0) is 13.3. The van der Waals surface area contributed by atoms with Crippen LogP contribution in [0.5, 0.6) is 0 Å². The van der Waals surface area contributed by atoms with Gasteiger partial charge in [-0.2, -0.15) is 0 Å². The zero-order valence-electron chi connectivity index (χ0n) is 10.2. The van der Waals surface area contributed by atoms with Crippen molar-refractivity contribution < 1.29 is 14.3 Å². The van der Waals surface area contributed by atoms with E-state index in [0.29, 0.717) is 10.3 Å². The minimum atomic E-state index is -0.689. The predicted octanol–water partition coefficient (Wildman–Crippen LogP) is 2.54. The molecule has 5 heteroatoms. The molecule has 0 fully saturated rings. The number of benzene rings is 1. The summed E-state index contributed by atoms with van der Waals surface area (Å²) in [5.41, 5.74) is -0.689. The van der Waals surface area contributed by atoms with Crippen molar-refractivity contribution in [1.82, 2.24) is 5.32 Å². The molecule has 0 saturated carbocycles. The lowest BCUT2D eigenvalue weighted by Gasteiger charge is -2.22. The van der Waals surface area contributed by atoms with Crippen LogP contribution >= 0.6 is 11.3 Å². The Bertz CT molecular complexity index is 592. The third kappa shape index (κ3) is 2.52. The molecule has 96 valence electrons. The number of aliphatic hydroxyl groups excluding tert-OH is 1. The molecule has 0 saturated heterocycles. The Morgan fingerprint density at radius 1 is 1.50 bits per heavy atom. The molecule has 2 rings (SSSR count). The van der Waals surface area contributed by atoms with Gasteiger partial charge in [0, 0.05) is 10.1 Å². The van der Waals surface area contributed by atoms with Gasteiger partial charge in [-0.3, -0.25) is 4.79 Å². The number of hydrogen-bond acceptors (Lipinski definition) is 3. The molecule has 0 aliphatic carbocycles. The Morgan fingerprint density at radius 2 is 2.22 bits per heavy atom. The number of amides is 1. The van der Waals surface area contributed by atoms with E-state index in [1.807, 2.05) is 0 Å². The number of carbonyl (C=O) groups excluding carboxylic acids is 1. The fourth-order valence-corrected chi connectivity index (χ4v) is 2.52. The number of fused-ring (bicyclic) bond motifs is 1. The molecule has 0 aliphatic heterocycles. The molecule has 0 unspecified atom stereocenters. The number of rotatable bonds is 3. The second kappa shape index (κ2) is 4.66. The highest BCUT2D eigenvalue weighted by Gasteiger charge is 2.21. The van der Waals surface area contributed by atoms with Gasteiger partial charge in [-0.05, 0) is 32.0 Å². The van der Waals surface area contributed by atoms with Gasteiger partial charge in [-0.15, -0.1) is 11.3 Å². The summed E-state index contributed by atoms with van der Waals surface area (Å²) in [4.78, 5) is 12.4. The molecule has 3 nitrogen and oxygen atoms in total. The minimum Gasteiger partial charge on any atom is -0.394 e. The predicted molar refractivity (Wildman–Crippen MR) is 70.4 cm³/mol. The molecule has 18 heavy (non-hydrogen) atoms. The summed E-state index contributed by atoms with van der Waals surface area (Å²) < 4.78 is 14.2. The van der Waals surface area contributed by atoms with Crippen molar-refractivity contribution in [2.24, 2.45) is 0 Å². The lowest BCUT2D eigenvalue weighted by atomic mass is 10.1. The first-order valence-corrected chi connectivity index (χ1v) is 6.36. The molecular formula is C13H14FNO2S. The van der Waals surface area contributed by atoms with Crippen LogP contribution in [0, 0.1) is 5.82 Å². The van der Waals surface area contributed by atoms with Crippen molar-refractivity contribution >= 4 is 27.3 Å². The van der Waals surface area contributed by atoms with Gasteiger partial charge in [0.15, 0.2) is 0 Å². The van der Waals surface area contributed by atoms with Crippen molar-refractivity contribution in [2.45, 2.75) is 19.4 Å². The van der Waals surface area contributed by atoms with E-state index >= 15 is 0 Å². The van der Waals surface area contributed by atoms with Gasteiger partial charge in [-0.1, -0.05) is 6.07 Å². The highest BCUT2D eigenvalue weighted by atomic mass is 32.1. The number of thiophene rings is 1. The first kappa shape index (κ1) is 13.0. The molecule has 1 aromatic carbocycles. The van der Waals surface area contributed by atoms with Crippen LogP contribution in [0.4, 0.5) is 4.39 Å². The van der Waals surface area contributed by atoms with Gasteiger partial charge in [0.1, 0.15) is 5.82 Å². The summed E-state index contributed by atoms with van der Waals surface area (Å²) in [6, 6.07) is 6.30. The van der Waals surface area contributed by atoms with Gasteiger partial charge >= 0.3 is 0 Å². The normalized spacial score (nSPS) is 11.8. The average Bonchev–Trinajstić information content (AvgIpc) is 2.74. The van der Waals surface area contributed by atoms with Crippen molar-refractivity contribution in [3.63, 3.8) is 0 Å². The fourth-order valence-electron chi connectivity index (χ4n) is 1.55. The second-order valence-corrected chi connectivity index (χ2v) is 5.84. The van der Waals surface area contributed by atoms with E-state index in [0.717, 1.165) is 4.70 Å². The molecule has 0 atom stereocenters. The Balaban J connectivity index is 2.32. The maximum Gasteiger partial charge on any atom is 0.261 e. The van der Waals surface area contributed by atoms with Crippen LogP contribution in [0.25, 0.3) is 10.1 Å². The number of halogens is 1. The van der Waals surface area contributed by atoms with Crippen molar-refractivity contribution in [1.29, 1.82) is 0 Å². The van der Waals surface area contributed by atoms with E-state index in [1.54, 1.807) is 26.0 Å². The van der Waals surface area contributed by atoms with Crippen LogP contribution < -0.4 is 5.32 Å². The fraction of sp³-hybridized carbons (Fsp3) is 0.308. The Morgan fingerprint density at radius 3 is 2.83 bits per heavy atom. The summed E-state index contributed by atoms with van der Waals surface area (Å²) in [6.07, 6.45) is 0. The Kier molecular flexibility index (Phi) is 3.36. The molecule has 1 heterocycles. The van der Waals surface area contributed by atoms with Crippen molar-refractivity contribution in [2.75, 3.05) is 6.61 Å². The molecule has 2 N–H and O–H groups in total. The van der Waals surface area contributed by atoms with E-state index < -0.39 is 5.54 Å². The summed E-state index contributed by atoms with van der Waals surface area (Å²) >= 11 is 1.24. The van der Waals surface area contributed by atoms with Gasteiger partial charge in [0.25, 0.3) is 5.91 Å². The molecule has 1 aromatic heterocycles. The molecular weight excluding hydrogens is 253 g/mol. The summed E-state index contributed by atoms with van der Waals surface area (Å²) in [7, 11) is 0. The maximum atomic E-state index is 13.5. The van der Waals surface area contributed by atoms with Crippen LogP contribution in [0.2, 0.25) is 0 Å². The quantitative estimate of drug-likeness (QED) is 0.898. The molecule has 0 radical (unpaired) electrons. The number of hydrogen-bond donors (Lipinski definition) is 2. The lowest BCUT2D eigenvalue weighted by molar-refractivity contribution is 0.0873. The van der Waals surface area contributed by atoms with E-state index in [9.17, 15) is 9.18 Å². The molecule has 0 aliphatic rings. The van der Waals surface area contributed by atoms with E-state index in [1.165, 1.54) is 23.5 Å². The average molecular weight is 267 g/mol. The summed E-state index contributed by atoms with van der Waals surface area (Å²) in [6.45, 7) is 3.29. The van der Waals surface area contributed by atoms with Crippen molar-refractivity contribution in [3.05, 3.63) is 35.0 Å². The van der Waals surface area contributed by atoms with E-state index in [-0.39, 0.29) is 18.3 Å². The molecule has 0 spiro atoms. The number of nitrogens with one attached hydrogen (secondary N) is 1. The first-order chi connectivity index (χ1) is 8.43. The van der Waals surface area contributed by atoms with Gasteiger partial charge in [-0.25, -0.2) is 4.39 Å². The SMILES string of the molecule is CC(C)(CO)NC(=O)c1cc2c(F)cccc2s1. The topological polar surface area (TPSA) is 49.3 Å². The molecule has 1 amide bonds. The van der Waals surface area contributed by atoms with Gasteiger partial charge < -0.3 is 10.4 Å². The molecule has 2 aromatic rings. The Hall–Kier alpha value is -1.46. The van der Waals surface area contributed by atoms with E-state index in [4.69, 9.17) is 5.11 Å². The first-order valence-electron chi connectivity index (χ1n) is 5.54. The van der Waals surface area contributed by atoms with Gasteiger partial charge in [0.05, 0.1) is 17.0 Å². The van der Waals surface area contributed by atoms with E-state index in [2.05, 4.69) is 5.32 Å². The van der Waals surface area contributed by atoms with Crippen LogP contribution in [0.15, 0.2) is 24.3 Å². The van der Waals surface area contributed by atoms with Gasteiger partial charge in [0.2, 0.25) is 0 Å². The third-order valence-corrected chi connectivity index (χ3v) is 3.68. The monoisotopic (exact) mass is 267 g/mol. The smallest absolute Gasteiger partial charge is 0.261 e. The van der Waals surface area contributed by atoms with Crippen LogP contribution in [0.3, 0.4) is 0 Å². The third-order valence-electron chi connectivity index (χ3n) is 2.58. The van der Waals surface area contributed by atoms with Crippen LogP contribution in [0.1, 0.15) is 23.5 Å². The lowest BCUT2D eigenvalue weighted by Crippen LogP contribution is -2.46. The highest BCUT2D eigenvalue weighted by molar-refractivity contribution is 7.20. The molecule has 0 bridgehead atoms. The summed E-state index contributed by atoms with van der Waals surface area (Å²) in [5, 5.41) is 12.3. The van der Waals surface area contributed by atoms with Crippen LogP contribution in [-0.2, 0) is 0 Å². The standard InChI is InChI=1S/C13H14FNO2S/c1-13(2,7-16)15-12(17)11-6-8-9(14)4-3-5-10(8)18-11/h3-6,16H,7H2,1-2H3,(H,15,17). The van der Waals surface area contributed by atoms with Crippen LogP contribution in [-0.4, -0.2) is 23.2 Å². The largest absolute Gasteiger partial charge is 0.394 e. The number of aliphatic hydroxyl groups is 1. The summed E-state index contributed by atoms with van der Waals surface area (Å²) in [5.74, 6) is -0.626. The Labute approximate surface area is 108 Å². The minimum absolute atomic E-state index is 0.155. The van der Waals surface area contributed by atoms with Crippen molar-refractivity contribution in [3.8, 4) is 0 Å². The maximum absolute atomic E-state index is 13.5. The number of carbonyl (C=O) groups is 1. The highest BCUT2D eigenvalue weighted by Crippen LogP contribution is 2.27. The zero-order valence-corrected chi connectivity index (χ0v) is 11.0. The second-order valence-electron chi connectivity index (χ2n) is 4.76.